The van der Waals surface area contributed by atoms with Crippen LogP contribution in [0, 0.1) is 0 Å². The average molecular weight is 350 g/mol. The second-order valence-corrected chi connectivity index (χ2v) is 5.29. The van der Waals surface area contributed by atoms with Gasteiger partial charge in [-0.3, -0.25) is 5.43 Å². The van der Waals surface area contributed by atoms with E-state index in [1.54, 1.807) is 12.1 Å². The van der Waals surface area contributed by atoms with Crippen LogP contribution in [-0.2, 0) is 0 Å². The summed E-state index contributed by atoms with van der Waals surface area (Å²) in [5.41, 5.74) is 4.25. The lowest BCUT2D eigenvalue weighted by atomic mass is 10.2. The van der Waals surface area contributed by atoms with E-state index in [9.17, 15) is 5.11 Å². The lowest BCUT2D eigenvalue weighted by Crippen LogP contribution is -2.23. The normalized spacial score (nSPS) is 10.5. The standard InChI is InChI=1S/C16H16ClN3O2S/c1-2-22-14-9-11(8-13(17)15(14)21)10-18-20-16(23)19-12-6-4-3-5-7-12/h3-10,21H,2H2,1H3,(H2,19,20,23)/b18-10+. The fourth-order valence-corrected chi connectivity index (χ4v) is 2.17. The van der Waals surface area contributed by atoms with Crippen LogP contribution in [0.15, 0.2) is 47.6 Å². The van der Waals surface area contributed by atoms with Crippen molar-refractivity contribution in [1.82, 2.24) is 5.43 Å². The second-order valence-electron chi connectivity index (χ2n) is 4.47. The molecule has 0 amide bonds. The average Bonchev–Trinajstić information content (AvgIpc) is 2.53. The Morgan fingerprint density at radius 1 is 1.35 bits per heavy atom. The van der Waals surface area contributed by atoms with Gasteiger partial charge in [-0.25, -0.2) is 0 Å². The number of para-hydroxylation sites is 1. The Labute approximate surface area is 144 Å². The van der Waals surface area contributed by atoms with Crippen molar-refractivity contribution in [2.45, 2.75) is 6.92 Å². The van der Waals surface area contributed by atoms with Gasteiger partial charge >= 0.3 is 0 Å². The van der Waals surface area contributed by atoms with Crippen LogP contribution in [0.2, 0.25) is 5.02 Å². The number of anilines is 1. The predicted octanol–water partition coefficient (Wildman–Crippen LogP) is 3.76. The third-order valence-electron chi connectivity index (χ3n) is 2.76. The third-order valence-corrected chi connectivity index (χ3v) is 3.24. The SMILES string of the molecule is CCOc1cc(/C=N/NC(=S)Nc2ccccc2)cc(Cl)c1O. The maximum Gasteiger partial charge on any atom is 0.191 e. The summed E-state index contributed by atoms with van der Waals surface area (Å²) in [4.78, 5) is 0. The first-order valence-electron chi connectivity index (χ1n) is 6.90. The molecule has 0 saturated carbocycles. The molecule has 0 radical (unpaired) electrons. The highest BCUT2D eigenvalue weighted by Crippen LogP contribution is 2.34. The lowest BCUT2D eigenvalue weighted by Gasteiger charge is -2.08. The highest BCUT2D eigenvalue weighted by molar-refractivity contribution is 7.80. The quantitative estimate of drug-likeness (QED) is 0.435. The van der Waals surface area contributed by atoms with Gasteiger partial charge in [0.1, 0.15) is 0 Å². The second kappa shape index (κ2) is 8.36. The minimum atomic E-state index is -0.0834. The van der Waals surface area contributed by atoms with Gasteiger partial charge in [-0.1, -0.05) is 29.8 Å². The summed E-state index contributed by atoms with van der Waals surface area (Å²) in [5, 5.41) is 17.4. The number of hydrazone groups is 1. The zero-order valence-corrected chi connectivity index (χ0v) is 14.0. The summed E-state index contributed by atoms with van der Waals surface area (Å²) >= 11 is 11.1. The van der Waals surface area contributed by atoms with E-state index >= 15 is 0 Å². The maximum atomic E-state index is 9.78. The van der Waals surface area contributed by atoms with Crippen LogP contribution in [0.4, 0.5) is 5.69 Å². The van der Waals surface area contributed by atoms with E-state index < -0.39 is 0 Å². The zero-order valence-electron chi connectivity index (χ0n) is 12.4. The number of halogens is 1. The van der Waals surface area contributed by atoms with Crippen LogP contribution in [0.1, 0.15) is 12.5 Å². The molecule has 3 N–H and O–H groups in total. The molecule has 0 bridgehead atoms. The summed E-state index contributed by atoms with van der Waals surface area (Å²) in [6, 6.07) is 12.7. The van der Waals surface area contributed by atoms with Crippen molar-refractivity contribution in [3.63, 3.8) is 0 Å². The van der Waals surface area contributed by atoms with Crippen LogP contribution >= 0.6 is 23.8 Å². The monoisotopic (exact) mass is 349 g/mol. The number of nitrogens with zero attached hydrogens (tertiary/aromatic N) is 1. The van der Waals surface area contributed by atoms with Gasteiger partial charge < -0.3 is 15.2 Å². The molecule has 2 aromatic rings. The Kier molecular flexibility index (Phi) is 6.19. The zero-order chi connectivity index (χ0) is 16.7. The first kappa shape index (κ1) is 17.1. The fraction of sp³-hybridized carbons (Fsp3) is 0.125. The van der Waals surface area contributed by atoms with Crippen molar-refractivity contribution in [2.24, 2.45) is 5.10 Å². The molecule has 0 unspecified atom stereocenters. The number of benzene rings is 2. The molecular weight excluding hydrogens is 334 g/mol. The number of hydrogen-bond acceptors (Lipinski definition) is 4. The minimum Gasteiger partial charge on any atom is -0.503 e. The molecule has 0 aliphatic heterocycles. The largest absolute Gasteiger partial charge is 0.503 e. The van der Waals surface area contributed by atoms with Gasteiger partial charge in [0, 0.05) is 5.69 Å². The Bertz CT molecular complexity index is 708. The topological polar surface area (TPSA) is 65.9 Å². The number of hydrogen-bond donors (Lipinski definition) is 3. The number of ether oxygens (including phenoxy) is 1. The molecule has 7 heteroatoms. The molecule has 0 aliphatic carbocycles. The van der Waals surface area contributed by atoms with Gasteiger partial charge in [0.15, 0.2) is 16.6 Å². The number of rotatable bonds is 5. The van der Waals surface area contributed by atoms with E-state index in [-0.39, 0.29) is 10.8 Å². The number of phenolic OH excluding ortho intramolecular Hbond substituents is 1. The highest BCUT2D eigenvalue weighted by Gasteiger charge is 2.08. The predicted molar refractivity (Wildman–Crippen MR) is 97.7 cm³/mol. The summed E-state index contributed by atoms with van der Waals surface area (Å²) in [6.45, 7) is 2.25. The minimum absolute atomic E-state index is 0.0834. The van der Waals surface area contributed by atoms with E-state index in [4.69, 9.17) is 28.6 Å². The van der Waals surface area contributed by atoms with Crippen LogP contribution < -0.4 is 15.5 Å². The van der Waals surface area contributed by atoms with Crippen molar-refractivity contribution >= 4 is 40.8 Å². The molecular formula is C16H16ClN3O2S. The molecule has 0 fully saturated rings. The fourth-order valence-electron chi connectivity index (χ4n) is 1.78. The number of aromatic hydroxyl groups is 1. The van der Waals surface area contributed by atoms with E-state index in [1.807, 2.05) is 37.3 Å². The molecule has 0 aromatic heterocycles. The van der Waals surface area contributed by atoms with E-state index in [1.165, 1.54) is 6.21 Å². The molecule has 120 valence electrons. The summed E-state index contributed by atoms with van der Waals surface area (Å²) in [5.74, 6) is 0.228. The van der Waals surface area contributed by atoms with Gasteiger partial charge in [-0.05, 0) is 49.0 Å². The Morgan fingerprint density at radius 3 is 2.78 bits per heavy atom. The summed E-state index contributed by atoms with van der Waals surface area (Å²) in [6.07, 6.45) is 1.53. The van der Waals surface area contributed by atoms with E-state index in [2.05, 4.69) is 15.8 Å². The number of phenols is 1. The Hall–Kier alpha value is -2.31. The van der Waals surface area contributed by atoms with Gasteiger partial charge in [0.05, 0.1) is 17.8 Å². The molecule has 2 rings (SSSR count). The molecule has 0 spiro atoms. The molecule has 0 saturated heterocycles. The Balaban J connectivity index is 1.99. The van der Waals surface area contributed by atoms with Crippen LogP contribution in [-0.4, -0.2) is 23.0 Å². The first-order valence-corrected chi connectivity index (χ1v) is 7.69. The van der Waals surface area contributed by atoms with Crippen molar-refractivity contribution < 1.29 is 9.84 Å². The van der Waals surface area contributed by atoms with Crippen LogP contribution in [0.3, 0.4) is 0 Å². The van der Waals surface area contributed by atoms with Gasteiger partial charge in [0.2, 0.25) is 0 Å². The van der Waals surface area contributed by atoms with E-state index in [0.717, 1.165) is 5.69 Å². The maximum absolute atomic E-state index is 9.78. The molecule has 0 atom stereocenters. The van der Waals surface area contributed by atoms with Crippen molar-refractivity contribution in [3.05, 3.63) is 53.1 Å². The van der Waals surface area contributed by atoms with Gasteiger partial charge in [-0.2, -0.15) is 5.10 Å². The molecule has 0 heterocycles. The highest BCUT2D eigenvalue weighted by atomic mass is 35.5. The third kappa shape index (κ3) is 5.12. The Morgan fingerprint density at radius 2 is 2.09 bits per heavy atom. The first-order chi connectivity index (χ1) is 11.1. The van der Waals surface area contributed by atoms with Gasteiger partial charge in [-0.15, -0.1) is 0 Å². The summed E-state index contributed by atoms with van der Waals surface area (Å²) < 4.78 is 5.31. The van der Waals surface area contributed by atoms with Crippen molar-refractivity contribution in [2.75, 3.05) is 11.9 Å². The lowest BCUT2D eigenvalue weighted by molar-refractivity contribution is 0.318. The van der Waals surface area contributed by atoms with E-state index in [0.29, 0.717) is 23.0 Å². The molecule has 0 aliphatic rings. The molecule has 23 heavy (non-hydrogen) atoms. The molecule has 2 aromatic carbocycles. The van der Waals surface area contributed by atoms with Crippen molar-refractivity contribution in [1.29, 1.82) is 0 Å². The van der Waals surface area contributed by atoms with Crippen molar-refractivity contribution in [3.8, 4) is 11.5 Å². The molecule has 5 nitrogen and oxygen atoms in total. The van der Waals surface area contributed by atoms with Crippen LogP contribution in [0.25, 0.3) is 0 Å². The number of thiocarbonyl (C=S) groups is 1. The van der Waals surface area contributed by atoms with Crippen LogP contribution in [0.5, 0.6) is 11.5 Å². The summed E-state index contributed by atoms with van der Waals surface area (Å²) in [7, 11) is 0. The van der Waals surface area contributed by atoms with Gasteiger partial charge in [0.25, 0.3) is 0 Å². The number of nitrogens with one attached hydrogen (secondary N) is 2. The smallest absolute Gasteiger partial charge is 0.191 e.